The van der Waals surface area contributed by atoms with E-state index in [0.717, 1.165) is 0 Å². The molecule has 3 N–H and O–H groups in total. The van der Waals surface area contributed by atoms with E-state index < -0.39 is 30.2 Å². The van der Waals surface area contributed by atoms with Crippen molar-refractivity contribution in [2.75, 3.05) is 25.5 Å². The Bertz CT molecular complexity index is 664. The van der Waals surface area contributed by atoms with Gasteiger partial charge >= 0.3 is 12.1 Å². The molecule has 0 aliphatic rings. The number of ether oxygens (including phenoxy) is 2. The van der Waals surface area contributed by atoms with Crippen LogP contribution in [0.25, 0.3) is 0 Å². The van der Waals surface area contributed by atoms with Gasteiger partial charge in [-0.15, -0.1) is 0 Å². The molecule has 1 aromatic carbocycles. The molecule has 0 unspecified atom stereocenters. The highest BCUT2D eigenvalue weighted by Gasteiger charge is 2.16. The van der Waals surface area contributed by atoms with Crippen molar-refractivity contribution >= 4 is 29.6 Å². The van der Waals surface area contributed by atoms with E-state index in [4.69, 9.17) is 9.47 Å². The summed E-state index contributed by atoms with van der Waals surface area (Å²) < 4.78 is 9.97. The highest BCUT2D eigenvalue weighted by atomic mass is 16.6. The largest absolute Gasteiger partial charge is 0.452 e. The molecule has 1 aromatic rings. The lowest BCUT2D eigenvalue weighted by Crippen LogP contribution is -2.37. The first-order valence-corrected chi connectivity index (χ1v) is 7.85. The van der Waals surface area contributed by atoms with Crippen molar-refractivity contribution in [3.63, 3.8) is 0 Å². The molecule has 0 aliphatic carbocycles. The maximum atomic E-state index is 11.9. The molecule has 1 rings (SSSR count). The molecule has 0 spiro atoms. The van der Waals surface area contributed by atoms with E-state index >= 15 is 0 Å². The van der Waals surface area contributed by atoms with Crippen molar-refractivity contribution in [1.29, 1.82) is 0 Å². The van der Waals surface area contributed by atoms with E-state index in [1.807, 2.05) is 0 Å². The zero-order valence-electron chi connectivity index (χ0n) is 15.2. The third-order valence-corrected chi connectivity index (χ3v) is 2.83. The van der Waals surface area contributed by atoms with Gasteiger partial charge in [0.25, 0.3) is 5.91 Å². The van der Waals surface area contributed by atoms with E-state index in [9.17, 15) is 19.2 Å². The lowest BCUT2D eigenvalue weighted by Gasteiger charge is -2.19. The van der Waals surface area contributed by atoms with Crippen LogP contribution >= 0.6 is 0 Å². The lowest BCUT2D eigenvalue weighted by molar-refractivity contribution is -0.127. The Morgan fingerprint density at radius 3 is 2.15 bits per heavy atom. The summed E-state index contributed by atoms with van der Waals surface area (Å²) in [5.74, 6) is -1.66. The highest BCUT2D eigenvalue weighted by molar-refractivity contribution is 5.93. The van der Waals surface area contributed by atoms with Crippen LogP contribution in [0.2, 0.25) is 0 Å². The summed E-state index contributed by atoms with van der Waals surface area (Å²) in [6, 6.07) is 5.90. The van der Waals surface area contributed by atoms with Crippen LogP contribution < -0.4 is 16.0 Å². The Balaban J connectivity index is 2.47. The minimum atomic E-state index is -0.705. The molecular weight excluding hydrogens is 342 g/mol. The zero-order chi connectivity index (χ0) is 19.7. The molecule has 0 heterocycles. The average Bonchev–Trinajstić information content (AvgIpc) is 2.56. The zero-order valence-corrected chi connectivity index (χ0v) is 15.2. The number of amides is 3. The second-order valence-electron chi connectivity index (χ2n) is 6.23. The highest BCUT2D eigenvalue weighted by Crippen LogP contribution is 2.13. The summed E-state index contributed by atoms with van der Waals surface area (Å²) >= 11 is 0. The first-order chi connectivity index (χ1) is 12.1. The number of likely N-dealkylation sites (N-methyl/N-ethyl adjacent to an activating group) is 1. The average molecular weight is 365 g/mol. The Kier molecular flexibility index (Phi) is 7.57. The maximum Gasteiger partial charge on any atom is 0.412 e. The Morgan fingerprint density at radius 2 is 1.62 bits per heavy atom. The van der Waals surface area contributed by atoms with Crippen molar-refractivity contribution < 1.29 is 28.7 Å². The van der Waals surface area contributed by atoms with Crippen LogP contribution in [0.5, 0.6) is 0 Å². The second kappa shape index (κ2) is 9.40. The number of carbonyl (C=O) groups is 4. The van der Waals surface area contributed by atoms with Gasteiger partial charge in [0.05, 0.1) is 12.1 Å². The van der Waals surface area contributed by atoms with Gasteiger partial charge in [0.1, 0.15) is 5.60 Å². The van der Waals surface area contributed by atoms with Crippen LogP contribution in [0.15, 0.2) is 24.3 Å². The predicted molar refractivity (Wildman–Crippen MR) is 93.7 cm³/mol. The maximum absolute atomic E-state index is 11.9. The number of benzene rings is 1. The molecule has 26 heavy (non-hydrogen) atoms. The summed E-state index contributed by atoms with van der Waals surface area (Å²) in [4.78, 5) is 46.0. The van der Waals surface area contributed by atoms with Crippen LogP contribution in [0.3, 0.4) is 0 Å². The monoisotopic (exact) mass is 365 g/mol. The molecule has 9 heteroatoms. The van der Waals surface area contributed by atoms with Crippen LogP contribution in [-0.4, -0.2) is 49.7 Å². The predicted octanol–water partition coefficient (Wildman–Crippen LogP) is 1.05. The van der Waals surface area contributed by atoms with Crippen molar-refractivity contribution in [3.05, 3.63) is 29.8 Å². The minimum absolute atomic E-state index is 0.197. The number of carbonyl (C=O) groups excluding carboxylic acids is 4. The van der Waals surface area contributed by atoms with E-state index in [0.29, 0.717) is 5.69 Å². The second-order valence-corrected chi connectivity index (χ2v) is 6.23. The van der Waals surface area contributed by atoms with Gasteiger partial charge in [0.2, 0.25) is 5.91 Å². The molecule has 0 bridgehead atoms. The number of rotatable bonds is 6. The van der Waals surface area contributed by atoms with E-state index in [2.05, 4.69) is 16.0 Å². The third kappa shape index (κ3) is 8.13. The van der Waals surface area contributed by atoms with Gasteiger partial charge in [-0.2, -0.15) is 0 Å². The van der Waals surface area contributed by atoms with E-state index in [1.54, 1.807) is 20.8 Å². The fraction of sp³-hybridized carbons (Fsp3) is 0.412. The summed E-state index contributed by atoms with van der Waals surface area (Å²) in [7, 11) is 1.44. The smallest absolute Gasteiger partial charge is 0.412 e. The lowest BCUT2D eigenvalue weighted by atomic mass is 10.2. The summed E-state index contributed by atoms with van der Waals surface area (Å²) in [5.41, 5.74) is 0.0320. The van der Waals surface area contributed by atoms with E-state index in [-0.39, 0.29) is 18.0 Å². The molecule has 3 amide bonds. The Hall–Kier alpha value is -3.10. The quantitative estimate of drug-likeness (QED) is 0.648. The van der Waals surface area contributed by atoms with Gasteiger partial charge in [-0.1, -0.05) is 0 Å². The van der Waals surface area contributed by atoms with Gasteiger partial charge in [-0.25, -0.2) is 9.59 Å². The molecule has 0 radical (unpaired) electrons. The van der Waals surface area contributed by atoms with Crippen molar-refractivity contribution in [3.8, 4) is 0 Å². The summed E-state index contributed by atoms with van der Waals surface area (Å²) in [6.45, 7) is 4.54. The normalized spacial score (nSPS) is 10.5. The number of anilines is 1. The summed E-state index contributed by atoms with van der Waals surface area (Å²) in [6.07, 6.45) is -0.611. The van der Waals surface area contributed by atoms with Crippen LogP contribution in [0.1, 0.15) is 31.1 Å². The molecule has 9 nitrogen and oxygen atoms in total. The van der Waals surface area contributed by atoms with Crippen molar-refractivity contribution in [2.24, 2.45) is 0 Å². The topological polar surface area (TPSA) is 123 Å². The fourth-order valence-corrected chi connectivity index (χ4v) is 1.64. The molecule has 0 atom stereocenters. The molecule has 0 fully saturated rings. The molecular formula is C17H23N3O6. The van der Waals surface area contributed by atoms with Gasteiger partial charge in [0, 0.05) is 12.7 Å². The van der Waals surface area contributed by atoms with Crippen LogP contribution in [-0.2, 0) is 19.1 Å². The number of hydrogen-bond acceptors (Lipinski definition) is 6. The molecule has 0 aliphatic heterocycles. The fourth-order valence-electron chi connectivity index (χ4n) is 1.64. The van der Waals surface area contributed by atoms with Gasteiger partial charge < -0.3 is 20.1 Å². The Morgan fingerprint density at radius 1 is 1.00 bits per heavy atom. The SMILES string of the molecule is CNC(=O)CNC(=O)COC(=O)c1ccc(NC(=O)OC(C)(C)C)cc1. The minimum Gasteiger partial charge on any atom is -0.452 e. The molecule has 0 aromatic heterocycles. The third-order valence-electron chi connectivity index (χ3n) is 2.83. The van der Waals surface area contributed by atoms with Gasteiger partial charge in [-0.05, 0) is 45.0 Å². The van der Waals surface area contributed by atoms with Gasteiger partial charge in [-0.3, -0.25) is 14.9 Å². The number of hydrogen-bond donors (Lipinski definition) is 3. The van der Waals surface area contributed by atoms with Gasteiger partial charge in [0.15, 0.2) is 6.61 Å². The van der Waals surface area contributed by atoms with Crippen LogP contribution in [0.4, 0.5) is 10.5 Å². The molecule has 0 saturated heterocycles. The summed E-state index contributed by atoms with van der Waals surface area (Å²) in [5, 5.41) is 7.17. The van der Waals surface area contributed by atoms with E-state index in [1.165, 1.54) is 31.3 Å². The number of nitrogens with one attached hydrogen (secondary N) is 3. The molecule has 142 valence electrons. The number of esters is 1. The first kappa shape index (κ1) is 20.9. The Labute approximate surface area is 151 Å². The first-order valence-electron chi connectivity index (χ1n) is 7.85. The molecule has 0 saturated carbocycles. The van der Waals surface area contributed by atoms with Crippen molar-refractivity contribution in [2.45, 2.75) is 26.4 Å². The van der Waals surface area contributed by atoms with Crippen molar-refractivity contribution in [1.82, 2.24) is 10.6 Å². The van der Waals surface area contributed by atoms with Crippen LogP contribution in [0, 0.1) is 0 Å². The standard InChI is InChI=1S/C17H23N3O6/c1-17(2,3)26-16(24)20-12-7-5-11(6-8-12)15(23)25-10-14(22)19-9-13(21)18-4/h5-8H,9-10H2,1-4H3,(H,18,21)(H,19,22)(H,20,24).